The lowest BCUT2D eigenvalue weighted by Crippen LogP contribution is -2.45. The first-order valence-corrected chi connectivity index (χ1v) is 8.68. The minimum absolute atomic E-state index is 0.150. The number of aliphatic hydroxyl groups is 3. The van der Waals surface area contributed by atoms with Gasteiger partial charge in [0.2, 0.25) is 0 Å². The van der Waals surface area contributed by atoms with E-state index in [0.717, 1.165) is 12.8 Å². The van der Waals surface area contributed by atoms with E-state index in [1.165, 1.54) is 24.3 Å². The zero-order chi connectivity index (χ0) is 18.4. The number of aromatic nitrogens is 4. The summed E-state index contributed by atoms with van der Waals surface area (Å²) in [6, 6.07) is 0. The van der Waals surface area contributed by atoms with Crippen LogP contribution in [-0.2, 0) is 9.47 Å². The number of aliphatic hydroxyl groups excluding tert-OH is 3. The van der Waals surface area contributed by atoms with Crippen molar-refractivity contribution in [2.75, 3.05) is 12.8 Å². The van der Waals surface area contributed by atoms with E-state index in [1.54, 1.807) is 0 Å². The molecule has 2 aromatic heterocycles. The lowest BCUT2D eigenvalue weighted by Gasteiger charge is -2.31. The van der Waals surface area contributed by atoms with Gasteiger partial charge in [0.1, 0.15) is 30.2 Å². The van der Waals surface area contributed by atoms with Gasteiger partial charge in [0, 0.05) is 13.0 Å². The maximum atomic E-state index is 10.6. The van der Waals surface area contributed by atoms with Crippen LogP contribution in [0, 0.1) is 5.92 Å². The average Bonchev–Trinajstić information content (AvgIpc) is 3.31. The molecular formula is C16H23N5O5. The molecule has 10 heteroatoms. The molecule has 1 saturated heterocycles. The van der Waals surface area contributed by atoms with E-state index in [2.05, 4.69) is 15.0 Å². The van der Waals surface area contributed by atoms with Gasteiger partial charge in [-0.15, -0.1) is 0 Å². The van der Waals surface area contributed by atoms with Crippen LogP contribution in [-0.4, -0.2) is 72.5 Å². The Balaban J connectivity index is 1.64. The van der Waals surface area contributed by atoms with Crippen molar-refractivity contribution in [3.05, 3.63) is 12.7 Å². The molecule has 1 unspecified atom stereocenters. The predicted octanol–water partition coefficient (Wildman–Crippen LogP) is -0.796. The van der Waals surface area contributed by atoms with Crippen LogP contribution in [0.4, 0.5) is 5.82 Å². The minimum Gasteiger partial charge on any atom is -0.393 e. The summed E-state index contributed by atoms with van der Waals surface area (Å²) < 4.78 is 13.1. The van der Waals surface area contributed by atoms with Crippen molar-refractivity contribution in [2.45, 2.75) is 56.0 Å². The number of hydrogen-bond donors (Lipinski definition) is 4. The first kappa shape index (κ1) is 17.6. The molecule has 5 N–H and O–H groups in total. The van der Waals surface area contributed by atoms with E-state index < -0.39 is 36.7 Å². The largest absolute Gasteiger partial charge is 0.393 e. The lowest BCUT2D eigenvalue weighted by molar-refractivity contribution is -0.126. The second kappa shape index (κ2) is 6.71. The quantitative estimate of drug-likeness (QED) is 0.546. The van der Waals surface area contributed by atoms with Crippen LogP contribution < -0.4 is 5.73 Å². The van der Waals surface area contributed by atoms with E-state index in [0.29, 0.717) is 17.6 Å². The average molecular weight is 365 g/mol. The van der Waals surface area contributed by atoms with Crippen LogP contribution >= 0.6 is 0 Å². The molecule has 2 aliphatic rings. The minimum atomic E-state index is -1.20. The van der Waals surface area contributed by atoms with Gasteiger partial charge >= 0.3 is 0 Å². The smallest absolute Gasteiger partial charge is 0.167 e. The van der Waals surface area contributed by atoms with Gasteiger partial charge in [0.15, 0.2) is 17.7 Å². The summed E-state index contributed by atoms with van der Waals surface area (Å²) in [7, 11) is 1.52. The van der Waals surface area contributed by atoms with Gasteiger partial charge in [-0.1, -0.05) is 6.42 Å². The molecule has 1 saturated carbocycles. The Morgan fingerprint density at radius 2 is 2.04 bits per heavy atom. The maximum Gasteiger partial charge on any atom is 0.167 e. The summed E-state index contributed by atoms with van der Waals surface area (Å²) in [4.78, 5) is 12.2. The highest BCUT2D eigenvalue weighted by Gasteiger charge is 2.51. The number of fused-ring (bicyclic) bond motifs is 1. The van der Waals surface area contributed by atoms with Gasteiger partial charge in [0.05, 0.1) is 18.5 Å². The summed E-state index contributed by atoms with van der Waals surface area (Å²) in [5.74, 6) is 0.0743. The number of methoxy groups -OCH3 is 1. The summed E-state index contributed by atoms with van der Waals surface area (Å²) >= 11 is 0. The molecule has 0 amide bonds. The molecular weight excluding hydrogens is 342 g/mol. The van der Waals surface area contributed by atoms with Gasteiger partial charge in [-0.25, -0.2) is 15.0 Å². The summed E-state index contributed by atoms with van der Waals surface area (Å²) in [5.41, 5.74) is 6.60. The van der Waals surface area contributed by atoms with Crippen molar-refractivity contribution in [2.24, 2.45) is 5.92 Å². The van der Waals surface area contributed by atoms with Crippen molar-refractivity contribution >= 4 is 17.0 Å². The van der Waals surface area contributed by atoms with Crippen molar-refractivity contribution in [1.82, 2.24) is 19.5 Å². The van der Waals surface area contributed by atoms with Gasteiger partial charge in [0.25, 0.3) is 0 Å². The molecule has 3 heterocycles. The standard InChI is InChI=1S/C16H23N5O5/c1-25-12(7-3-2-4-8(7)22)13-10(23)11(24)16(26-13)21-6-20-9-14(17)18-5-19-15(9)21/h5-8,10-13,16,22-24H,2-4H2,1H3,(H2,17,18,19)/t7-,8-,10+,11-,12?,13+,16-/m1/s1. The molecule has 2 aromatic rings. The fourth-order valence-electron chi connectivity index (χ4n) is 4.15. The number of rotatable bonds is 4. The van der Waals surface area contributed by atoms with Crippen molar-refractivity contribution in [3.8, 4) is 0 Å². The van der Waals surface area contributed by atoms with Gasteiger partial charge in [-0.3, -0.25) is 4.57 Å². The fourth-order valence-corrected chi connectivity index (χ4v) is 4.15. The lowest BCUT2D eigenvalue weighted by atomic mass is 9.91. The van der Waals surface area contributed by atoms with E-state index in [4.69, 9.17) is 15.2 Å². The topological polar surface area (TPSA) is 149 Å². The monoisotopic (exact) mass is 365 g/mol. The van der Waals surface area contributed by atoms with Crippen molar-refractivity contribution in [1.29, 1.82) is 0 Å². The molecule has 0 aromatic carbocycles. The molecule has 1 aliphatic heterocycles. The third-order valence-corrected chi connectivity index (χ3v) is 5.49. The maximum absolute atomic E-state index is 10.6. The number of hydrogen-bond acceptors (Lipinski definition) is 9. The Bertz CT molecular complexity index is 785. The Morgan fingerprint density at radius 3 is 2.73 bits per heavy atom. The zero-order valence-corrected chi connectivity index (χ0v) is 14.3. The highest BCUT2D eigenvalue weighted by molar-refractivity contribution is 5.81. The Hall–Kier alpha value is -1.85. The highest BCUT2D eigenvalue weighted by atomic mass is 16.6. The molecule has 2 fully saturated rings. The van der Waals surface area contributed by atoms with Crippen LogP contribution in [0.5, 0.6) is 0 Å². The number of nitrogens with zero attached hydrogens (tertiary/aromatic N) is 4. The Labute approximate surface area is 149 Å². The first-order chi connectivity index (χ1) is 12.5. The predicted molar refractivity (Wildman–Crippen MR) is 89.8 cm³/mol. The van der Waals surface area contributed by atoms with E-state index in [-0.39, 0.29) is 11.7 Å². The molecule has 0 radical (unpaired) electrons. The molecule has 0 spiro atoms. The second-order valence-electron chi connectivity index (χ2n) is 6.92. The normalized spacial score (nSPS) is 36.0. The van der Waals surface area contributed by atoms with Crippen LogP contribution in [0.15, 0.2) is 12.7 Å². The Morgan fingerprint density at radius 1 is 1.23 bits per heavy atom. The number of ether oxygens (including phenoxy) is 2. The van der Waals surface area contributed by atoms with Crippen LogP contribution in [0.1, 0.15) is 25.5 Å². The third-order valence-electron chi connectivity index (χ3n) is 5.49. The highest BCUT2D eigenvalue weighted by Crippen LogP contribution is 2.39. The SMILES string of the molecule is COC([C@H]1O[C@@H](n2cnc3c(N)ncnc32)[C@H](O)[C@@H]1O)[C@@H]1CCC[C@H]1O. The number of imidazole rings is 1. The summed E-state index contributed by atoms with van der Waals surface area (Å²) in [6.45, 7) is 0. The number of nitrogen functional groups attached to an aromatic ring is 1. The zero-order valence-electron chi connectivity index (χ0n) is 14.3. The molecule has 1 aliphatic carbocycles. The first-order valence-electron chi connectivity index (χ1n) is 8.68. The van der Waals surface area contributed by atoms with Gasteiger partial charge in [-0.05, 0) is 12.8 Å². The van der Waals surface area contributed by atoms with Crippen molar-refractivity contribution < 1.29 is 24.8 Å². The van der Waals surface area contributed by atoms with Crippen LogP contribution in [0.2, 0.25) is 0 Å². The number of nitrogens with two attached hydrogens (primary N) is 1. The molecule has 0 bridgehead atoms. The van der Waals surface area contributed by atoms with E-state index in [1.807, 2.05) is 0 Å². The molecule has 10 nitrogen and oxygen atoms in total. The Kier molecular flexibility index (Phi) is 4.53. The van der Waals surface area contributed by atoms with Crippen LogP contribution in [0.25, 0.3) is 11.2 Å². The van der Waals surface area contributed by atoms with Gasteiger partial charge < -0.3 is 30.5 Å². The molecule has 7 atom stereocenters. The second-order valence-corrected chi connectivity index (χ2v) is 6.92. The summed E-state index contributed by atoms with van der Waals surface area (Å²) in [5, 5.41) is 31.3. The fraction of sp³-hybridized carbons (Fsp3) is 0.688. The number of anilines is 1. The van der Waals surface area contributed by atoms with Crippen molar-refractivity contribution in [3.63, 3.8) is 0 Å². The summed E-state index contributed by atoms with van der Waals surface area (Å²) in [6.07, 6.45) is 0.0299. The third kappa shape index (κ3) is 2.65. The molecule has 142 valence electrons. The van der Waals surface area contributed by atoms with E-state index >= 15 is 0 Å². The van der Waals surface area contributed by atoms with E-state index in [9.17, 15) is 15.3 Å². The van der Waals surface area contributed by atoms with Crippen LogP contribution in [0.3, 0.4) is 0 Å². The van der Waals surface area contributed by atoms with Gasteiger partial charge in [-0.2, -0.15) is 0 Å². The molecule has 26 heavy (non-hydrogen) atoms. The molecule has 4 rings (SSSR count).